The van der Waals surface area contributed by atoms with E-state index >= 15 is 0 Å². The van der Waals surface area contributed by atoms with Crippen LogP contribution in [-0.4, -0.2) is 36.8 Å². The summed E-state index contributed by atoms with van der Waals surface area (Å²) in [5.41, 5.74) is 1.97. The van der Waals surface area contributed by atoms with E-state index in [0.29, 0.717) is 18.3 Å². The number of rotatable bonds is 6. The van der Waals surface area contributed by atoms with Crippen molar-refractivity contribution in [2.75, 3.05) is 17.2 Å². The summed E-state index contributed by atoms with van der Waals surface area (Å²) >= 11 is 0. The van der Waals surface area contributed by atoms with Crippen molar-refractivity contribution in [1.82, 2.24) is 10.1 Å². The Morgan fingerprint density at radius 2 is 1.83 bits per heavy atom. The topological polar surface area (TPSA) is 93.4 Å². The van der Waals surface area contributed by atoms with E-state index in [9.17, 15) is 13.2 Å². The summed E-state index contributed by atoms with van der Waals surface area (Å²) in [4.78, 5) is 18.8. The molecule has 0 spiro atoms. The van der Waals surface area contributed by atoms with Gasteiger partial charge in [0.1, 0.15) is 0 Å². The third-order valence-corrected chi connectivity index (χ3v) is 6.73. The van der Waals surface area contributed by atoms with Crippen molar-refractivity contribution in [2.45, 2.75) is 30.6 Å². The van der Waals surface area contributed by atoms with Gasteiger partial charge < -0.3 is 9.42 Å². The standard InChI is InChI=1S/C21H21N3O4S/c1-15-7-9-17(10-8-15)24-14-16(13-20(24)25)21-22-19(23-28-21)11-12-29(26,27)18-5-3-2-4-6-18/h2-10,16H,11-14H2,1H3. The molecular formula is C21H21N3O4S. The van der Waals surface area contributed by atoms with Crippen LogP contribution in [0.25, 0.3) is 0 Å². The zero-order valence-electron chi connectivity index (χ0n) is 16.0. The number of benzene rings is 2. The molecule has 4 rings (SSSR count). The second-order valence-electron chi connectivity index (χ2n) is 7.17. The van der Waals surface area contributed by atoms with Gasteiger partial charge in [-0.15, -0.1) is 0 Å². The predicted molar refractivity (Wildman–Crippen MR) is 107 cm³/mol. The van der Waals surface area contributed by atoms with Crippen molar-refractivity contribution < 1.29 is 17.7 Å². The SMILES string of the molecule is Cc1ccc(N2CC(c3nc(CCS(=O)(=O)c4ccccc4)no3)CC2=O)cc1. The van der Waals surface area contributed by atoms with Gasteiger partial charge >= 0.3 is 0 Å². The van der Waals surface area contributed by atoms with Crippen LogP contribution in [0.3, 0.4) is 0 Å². The largest absolute Gasteiger partial charge is 0.339 e. The van der Waals surface area contributed by atoms with Gasteiger partial charge in [0, 0.05) is 25.1 Å². The number of amides is 1. The van der Waals surface area contributed by atoms with E-state index in [-0.39, 0.29) is 35.3 Å². The van der Waals surface area contributed by atoms with Crippen molar-refractivity contribution in [3.05, 3.63) is 71.9 Å². The molecule has 0 saturated carbocycles. The molecule has 1 unspecified atom stereocenters. The van der Waals surface area contributed by atoms with E-state index in [1.54, 1.807) is 35.2 Å². The Balaban J connectivity index is 1.42. The summed E-state index contributed by atoms with van der Waals surface area (Å²) < 4.78 is 30.1. The summed E-state index contributed by atoms with van der Waals surface area (Å²) in [5, 5.41) is 3.91. The molecule has 0 radical (unpaired) electrons. The normalized spacial score (nSPS) is 17.1. The van der Waals surface area contributed by atoms with Crippen molar-refractivity contribution in [1.29, 1.82) is 0 Å². The molecule has 0 aliphatic carbocycles. The smallest absolute Gasteiger partial charge is 0.232 e. The Labute approximate surface area is 169 Å². The maximum atomic E-state index is 12.4. The summed E-state index contributed by atoms with van der Waals surface area (Å²) in [6.45, 7) is 2.46. The molecule has 2 aromatic carbocycles. The first-order chi connectivity index (χ1) is 13.9. The second kappa shape index (κ2) is 7.79. The van der Waals surface area contributed by atoms with Crippen LogP contribution in [0.2, 0.25) is 0 Å². The van der Waals surface area contributed by atoms with Crippen LogP contribution in [0, 0.1) is 6.92 Å². The molecule has 1 atom stereocenters. The quantitative estimate of drug-likeness (QED) is 0.619. The fourth-order valence-electron chi connectivity index (χ4n) is 3.35. The highest BCUT2D eigenvalue weighted by Gasteiger charge is 2.35. The van der Waals surface area contributed by atoms with Gasteiger partial charge in [-0.25, -0.2) is 8.42 Å². The zero-order valence-corrected chi connectivity index (χ0v) is 16.8. The molecule has 1 amide bonds. The fourth-order valence-corrected chi connectivity index (χ4v) is 4.61. The van der Waals surface area contributed by atoms with Crippen LogP contribution in [0.1, 0.15) is 29.6 Å². The van der Waals surface area contributed by atoms with Gasteiger partial charge in [0.2, 0.25) is 11.8 Å². The number of carbonyl (C=O) groups is 1. The molecule has 0 N–H and O–H groups in total. The molecule has 1 aliphatic heterocycles. The van der Waals surface area contributed by atoms with Crippen LogP contribution in [0.4, 0.5) is 5.69 Å². The molecule has 1 aromatic heterocycles. The van der Waals surface area contributed by atoms with Gasteiger partial charge in [-0.3, -0.25) is 4.79 Å². The first-order valence-corrected chi connectivity index (χ1v) is 11.0. The number of nitrogens with zero attached hydrogens (tertiary/aromatic N) is 3. The van der Waals surface area contributed by atoms with E-state index in [1.807, 2.05) is 31.2 Å². The Hall–Kier alpha value is -3.00. The number of anilines is 1. The molecule has 3 aromatic rings. The number of hydrogen-bond donors (Lipinski definition) is 0. The van der Waals surface area contributed by atoms with Crippen molar-refractivity contribution in [2.24, 2.45) is 0 Å². The summed E-state index contributed by atoms with van der Waals surface area (Å²) in [6, 6.07) is 16.1. The minimum atomic E-state index is -3.41. The van der Waals surface area contributed by atoms with Gasteiger partial charge in [0.05, 0.1) is 16.6 Å². The average Bonchev–Trinajstić information content (AvgIpc) is 3.35. The van der Waals surface area contributed by atoms with Gasteiger partial charge in [0.25, 0.3) is 0 Å². The van der Waals surface area contributed by atoms with Gasteiger partial charge in [-0.05, 0) is 31.2 Å². The molecule has 1 aliphatic rings. The third kappa shape index (κ3) is 4.22. The van der Waals surface area contributed by atoms with E-state index < -0.39 is 9.84 Å². The molecule has 7 nitrogen and oxygen atoms in total. The predicted octanol–water partition coefficient (Wildman–Crippen LogP) is 2.91. The summed E-state index contributed by atoms with van der Waals surface area (Å²) in [6.07, 6.45) is 0.445. The highest BCUT2D eigenvalue weighted by Crippen LogP contribution is 2.31. The van der Waals surface area contributed by atoms with Crippen molar-refractivity contribution >= 4 is 21.4 Å². The minimum absolute atomic E-state index is 0.00487. The second-order valence-corrected chi connectivity index (χ2v) is 9.28. The number of hydrogen-bond acceptors (Lipinski definition) is 6. The molecule has 1 saturated heterocycles. The number of sulfone groups is 1. The molecule has 8 heteroatoms. The van der Waals surface area contributed by atoms with Crippen LogP contribution in [0.15, 0.2) is 64.0 Å². The number of aryl methyl sites for hydroxylation is 2. The minimum Gasteiger partial charge on any atom is -0.339 e. The highest BCUT2D eigenvalue weighted by atomic mass is 32.2. The molecule has 0 bridgehead atoms. The van der Waals surface area contributed by atoms with Crippen LogP contribution in [0.5, 0.6) is 0 Å². The monoisotopic (exact) mass is 411 g/mol. The Morgan fingerprint density at radius 1 is 1.10 bits per heavy atom. The van der Waals surface area contributed by atoms with Gasteiger partial charge in [-0.2, -0.15) is 4.98 Å². The highest BCUT2D eigenvalue weighted by molar-refractivity contribution is 7.91. The third-order valence-electron chi connectivity index (χ3n) is 5.00. The summed E-state index contributed by atoms with van der Waals surface area (Å²) in [5.74, 6) is 0.413. The van der Waals surface area contributed by atoms with E-state index in [1.165, 1.54) is 0 Å². The lowest BCUT2D eigenvalue weighted by molar-refractivity contribution is -0.117. The first kappa shape index (κ1) is 19.3. The molecule has 29 heavy (non-hydrogen) atoms. The van der Waals surface area contributed by atoms with Gasteiger partial charge in [-0.1, -0.05) is 41.1 Å². The van der Waals surface area contributed by atoms with Crippen LogP contribution >= 0.6 is 0 Å². The van der Waals surface area contributed by atoms with E-state index in [0.717, 1.165) is 11.3 Å². The number of aromatic nitrogens is 2. The molecule has 2 heterocycles. The molecule has 150 valence electrons. The lowest BCUT2D eigenvalue weighted by Crippen LogP contribution is -2.24. The number of carbonyl (C=O) groups excluding carboxylic acids is 1. The molecule has 1 fully saturated rings. The maximum Gasteiger partial charge on any atom is 0.232 e. The first-order valence-electron chi connectivity index (χ1n) is 9.40. The zero-order chi connectivity index (χ0) is 20.4. The Kier molecular flexibility index (Phi) is 5.19. The van der Waals surface area contributed by atoms with Crippen molar-refractivity contribution in [3.63, 3.8) is 0 Å². The maximum absolute atomic E-state index is 12.4. The Bertz CT molecular complexity index is 1110. The summed E-state index contributed by atoms with van der Waals surface area (Å²) in [7, 11) is -3.41. The lowest BCUT2D eigenvalue weighted by atomic mass is 10.1. The van der Waals surface area contributed by atoms with E-state index in [2.05, 4.69) is 10.1 Å². The molecular weight excluding hydrogens is 390 g/mol. The van der Waals surface area contributed by atoms with Gasteiger partial charge in [0.15, 0.2) is 15.7 Å². The van der Waals surface area contributed by atoms with Crippen LogP contribution < -0.4 is 4.90 Å². The average molecular weight is 411 g/mol. The lowest BCUT2D eigenvalue weighted by Gasteiger charge is -2.16. The van der Waals surface area contributed by atoms with Crippen LogP contribution in [-0.2, 0) is 21.1 Å². The van der Waals surface area contributed by atoms with Crippen molar-refractivity contribution in [3.8, 4) is 0 Å². The fraction of sp³-hybridized carbons (Fsp3) is 0.286. The van der Waals surface area contributed by atoms with E-state index in [4.69, 9.17) is 4.52 Å². The Morgan fingerprint density at radius 3 is 2.55 bits per heavy atom.